The van der Waals surface area contributed by atoms with Gasteiger partial charge in [0.1, 0.15) is 17.9 Å². The quantitative estimate of drug-likeness (QED) is 0.631. The van der Waals surface area contributed by atoms with Gasteiger partial charge in [-0.15, -0.1) is 0 Å². The number of hydrogen-bond donors (Lipinski definition) is 2. The molecule has 2 N–H and O–H groups in total. The minimum atomic E-state index is -1.69. The highest BCUT2D eigenvalue weighted by Gasteiger charge is 2.18. The third-order valence-corrected chi connectivity index (χ3v) is 3.75. The van der Waals surface area contributed by atoms with Crippen LogP contribution in [0.5, 0.6) is 5.75 Å². The number of alkyl halides is 1. The van der Waals surface area contributed by atoms with Gasteiger partial charge in [-0.25, -0.2) is 9.18 Å². The number of anilines is 1. The number of rotatable bonds is 2. The number of esters is 1. The van der Waals surface area contributed by atoms with Crippen molar-refractivity contribution >= 4 is 23.5 Å². The summed E-state index contributed by atoms with van der Waals surface area (Å²) in [6, 6.07) is 3.22. The highest BCUT2D eigenvalue weighted by atomic mass is 19.1. The predicted octanol–water partition coefficient (Wildman–Crippen LogP) is 3.64. The monoisotopic (exact) mass is 347 g/mol. The van der Waals surface area contributed by atoms with E-state index in [0.29, 0.717) is 30.6 Å². The van der Waals surface area contributed by atoms with E-state index in [1.54, 1.807) is 18.2 Å². The van der Waals surface area contributed by atoms with Crippen LogP contribution in [0.15, 0.2) is 30.4 Å². The molecule has 5 nitrogen and oxygen atoms in total. The molecule has 134 valence electrons. The Labute approximate surface area is 146 Å². The second kappa shape index (κ2) is 9.01. The summed E-state index contributed by atoms with van der Waals surface area (Å²) < 4.78 is 18.7. The summed E-state index contributed by atoms with van der Waals surface area (Å²) in [6.07, 6.45) is 5.42. The summed E-state index contributed by atoms with van der Waals surface area (Å²) in [4.78, 5) is 23.9. The van der Waals surface area contributed by atoms with Crippen LogP contribution in [0.2, 0.25) is 0 Å². The number of nitrogens with one attached hydrogen (secondary N) is 1. The van der Waals surface area contributed by atoms with E-state index in [4.69, 9.17) is 4.74 Å². The molecule has 1 atom stereocenters. The zero-order valence-corrected chi connectivity index (χ0v) is 14.1. The maximum atomic E-state index is 13.6. The molecule has 1 aliphatic rings. The number of Topliss-reactive ketones (excluding diaryl/α,β-unsaturated/α-hetero) is 1. The summed E-state index contributed by atoms with van der Waals surface area (Å²) in [5.74, 6) is -1.37. The first-order valence-corrected chi connectivity index (χ1v) is 8.31. The summed E-state index contributed by atoms with van der Waals surface area (Å²) in [7, 11) is 0. The van der Waals surface area contributed by atoms with Gasteiger partial charge in [0, 0.05) is 24.7 Å². The number of benzene rings is 1. The molecular weight excluding hydrogens is 325 g/mol. The smallest absolute Gasteiger partial charge is 0.342 e. The topological polar surface area (TPSA) is 75.6 Å². The van der Waals surface area contributed by atoms with E-state index in [0.717, 1.165) is 6.08 Å². The fourth-order valence-corrected chi connectivity index (χ4v) is 2.53. The van der Waals surface area contributed by atoms with Crippen LogP contribution in [0.4, 0.5) is 10.1 Å². The molecule has 1 aromatic rings. The molecule has 0 aliphatic carbocycles. The lowest BCUT2D eigenvalue weighted by atomic mass is 10.0. The number of carbonyl (C=O) groups excluding carboxylic acids is 2. The number of ketones is 1. The van der Waals surface area contributed by atoms with Crippen molar-refractivity contribution in [1.29, 1.82) is 0 Å². The molecule has 1 heterocycles. The molecule has 0 amide bonds. The van der Waals surface area contributed by atoms with Crippen molar-refractivity contribution in [3.8, 4) is 5.75 Å². The Balaban J connectivity index is 2.34. The molecule has 25 heavy (non-hydrogen) atoms. The normalized spacial score (nSPS) is 19.0. The molecule has 0 saturated carbocycles. The van der Waals surface area contributed by atoms with Gasteiger partial charge in [-0.1, -0.05) is 12.2 Å². The SMILES string of the molecule is CCNc1cc(O)c2c(c1)C=CCCCC(=O)C(F)C=CCOC2=O. The molecule has 0 saturated heterocycles. The van der Waals surface area contributed by atoms with Gasteiger partial charge in [0.25, 0.3) is 0 Å². The first-order valence-electron chi connectivity index (χ1n) is 8.31. The molecule has 0 spiro atoms. The molecular formula is C19H22FNO4. The second-order valence-corrected chi connectivity index (χ2v) is 5.68. The zero-order valence-electron chi connectivity index (χ0n) is 14.1. The Morgan fingerprint density at radius 3 is 2.88 bits per heavy atom. The number of hydrogen-bond acceptors (Lipinski definition) is 5. The van der Waals surface area contributed by atoms with Crippen LogP contribution in [-0.4, -0.2) is 36.2 Å². The van der Waals surface area contributed by atoms with Crippen molar-refractivity contribution in [2.45, 2.75) is 32.4 Å². The van der Waals surface area contributed by atoms with Crippen LogP contribution >= 0.6 is 0 Å². The van der Waals surface area contributed by atoms with Crippen molar-refractivity contribution in [3.63, 3.8) is 0 Å². The number of aromatic hydroxyl groups is 1. The summed E-state index contributed by atoms with van der Waals surface area (Å²) in [5.41, 5.74) is 1.28. The van der Waals surface area contributed by atoms with E-state index in [1.807, 2.05) is 6.92 Å². The number of allylic oxidation sites excluding steroid dienone is 2. The van der Waals surface area contributed by atoms with Gasteiger partial charge in [-0.05, 0) is 43.5 Å². The van der Waals surface area contributed by atoms with Crippen LogP contribution in [0, 0.1) is 0 Å². The van der Waals surface area contributed by atoms with Crippen LogP contribution in [0.25, 0.3) is 6.08 Å². The van der Waals surface area contributed by atoms with Crippen LogP contribution in [-0.2, 0) is 9.53 Å². The first kappa shape index (κ1) is 18.7. The van der Waals surface area contributed by atoms with E-state index in [9.17, 15) is 19.1 Å². The Hall–Kier alpha value is -2.63. The number of cyclic esters (lactones) is 1. The number of carbonyl (C=O) groups is 2. The average molecular weight is 347 g/mol. The number of fused-ring (bicyclic) bond motifs is 1. The number of ether oxygens (including phenoxy) is 1. The lowest BCUT2D eigenvalue weighted by Gasteiger charge is -2.12. The van der Waals surface area contributed by atoms with Crippen molar-refractivity contribution in [1.82, 2.24) is 0 Å². The van der Waals surface area contributed by atoms with Gasteiger partial charge in [-0.3, -0.25) is 4.79 Å². The van der Waals surface area contributed by atoms with E-state index in [-0.39, 0.29) is 24.3 Å². The van der Waals surface area contributed by atoms with Crippen molar-refractivity contribution < 1.29 is 23.8 Å². The van der Waals surface area contributed by atoms with E-state index in [1.165, 1.54) is 12.1 Å². The molecule has 2 rings (SSSR count). The van der Waals surface area contributed by atoms with E-state index >= 15 is 0 Å². The third-order valence-electron chi connectivity index (χ3n) is 3.75. The molecule has 0 fully saturated rings. The van der Waals surface area contributed by atoms with Crippen LogP contribution in [0.3, 0.4) is 0 Å². The van der Waals surface area contributed by atoms with Gasteiger partial charge in [0.2, 0.25) is 0 Å². The third kappa shape index (κ3) is 5.17. The molecule has 1 aromatic carbocycles. The largest absolute Gasteiger partial charge is 0.507 e. The van der Waals surface area contributed by atoms with E-state index < -0.39 is 17.9 Å². The minimum Gasteiger partial charge on any atom is -0.507 e. The Morgan fingerprint density at radius 2 is 2.12 bits per heavy atom. The predicted molar refractivity (Wildman–Crippen MR) is 94.5 cm³/mol. The van der Waals surface area contributed by atoms with Crippen LogP contribution < -0.4 is 5.32 Å². The number of halogens is 1. The molecule has 6 heteroatoms. The minimum absolute atomic E-state index is 0.0660. The number of phenolic OH excluding ortho intramolecular Hbond substituents is 1. The molecule has 0 aromatic heterocycles. The van der Waals surface area contributed by atoms with Crippen molar-refractivity contribution in [3.05, 3.63) is 41.5 Å². The number of phenols is 1. The fourth-order valence-electron chi connectivity index (χ4n) is 2.53. The second-order valence-electron chi connectivity index (χ2n) is 5.68. The Morgan fingerprint density at radius 1 is 1.32 bits per heavy atom. The van der Waals surface area contributed by atoms with Crippen molar-refractivity contribution in [2.24, 2.45) is 0 Å². The highest BCUT2D eigenvalue weighted by Crippen LogP contribution is 2.29. The molecule has 0 bridgehead atoms. The first-order chi connectivity index (χ1) is 12.0. The van der Waals surface area contributed by atoms with Gasteiger partial charge in [-0.2, -0.15) is 0 Å². The zero-order chi connectivity index (χ0) is 18.2. The Kier molecular flexibility index (Phi) is 6.74. The van der Waals surface area contributed by atoms with Crippen LogP contribution in [0.1, 0.15) is 42.1 Å². The van der Waals surface area contributed by atoms with Gasteiger partial charge in [0.15, 0.2) is 12.0 Å². The fraction of sp³-hybridized carbons (Fsp3) is 0.368. The Bertz CT molecular complexity index is 697. The standard InChI is InChI=1S/C19H22FNO4/c1-2-21-14-11-13-7-4-3-5-9-16(22)15(20)8-6-10-25-19(24)18(13)17(23)12-14/h4,6-8,11-12,15,21,23H,2-3,5,9-10H2,1H3. The summed E-state index contributed by atoms with van der Waals surface area (Å²) >= 11 is 0. The maximum Gasteiger partial charge on any atom is 0.342 e. The maximum absolute atomic E-state index is 13.6. The molecule has 1 aliphatic heterocycles. The summed E-state index contributed by atoms with van der Waals surface area (Å²) in [6.45, 7) is 2.42. The molecule has 1 unspecified atom stereocenters. The highest BCUT2D eigenvalue weighted by molar-refractivity contribution is 5.97. The lowest BCUT2D eigenvalue weighted by Crippen LogP contribution is -2.13. The van der Waals surface area contributed by atoms with E-state index in [2.05, 4.69) is 5.32 Å². The summed E-state index contributed by atoms with van der Waals surface area (Å²) in [5, 5.41) is 13.3. The van der Waals surface area contributed by atoms with Gasteiger partial charge >= 0.3 is 5.97 Å². The van der Waals surface area contributed by atoms with Gasteiger partial charge < -0.3 is 15.2 Å². The van der Waals surface area contributed by atoms with Gasteiger partial charge in [0.05, 0.1) is 0 Å². The molecule has 0 radical (unpaired) electrons. The van der Waals surface area contributed by atoms with Crippen molar-refractivity contribution in [2.75, 3.05) is 18.5 Å². The average Bonchev–Trinajstić information content (AvgIpc) is 2.57. The lowest BCUT2D eigenvalue weighted by molar-refractivity contribution is -0.122.